The second-order valence-corrected chi connectivity index (χ2v) is 2.34. The maximum atomic E-state index is 10.9. The van der Waals surface area contributed by atoms with E-state index in [9.17, 15) is 4.79 Å². The Morgan fingerprint density at radius 3 is 2.25 bits per heavy atom. The van der Waals surface area contributed by atoms with Crippen molar-refractivity contribution in [3.63, 3.8) is 0 Å². The average molecular weight is 170 g/mol. The van der Waals surface area contributed by atoms with Crippen LogP contribution < -0.4 is 5.32 Å². The van der Waals surface area contributed by atoms with Gasteiger partial charge in [-0.05, 0) is 13.8 Å². The minimum absolute atomic E-state index is 0.0585. The van der Waals surface area contributed by atoms with Gasteiger partial charge >= 0.3 is 0 Å². The molecule has 0 aromatic heterocycles. The van der Waals surface area contributed by atoms with Gasteiger partial charge in [-0.2, -0.15) is 0 Å². The van der Waals surface area contributed by atoms with E-state index in [4.69, 9.17) is 10.1 Å². The maximum Gasteiger partial charge on any atom is 0.269 e. The molecule has 0 fully saturated rings. The molecule has 0 unspecified atom stereocenters. The lowest BCUT2D eigenvalue weighted by Crippen LogP contribution is -2.28. The van der Waals surface area contributed by atoms with Crippen molar-refractivity contribution in [3.05, 3.63) is 11.3 Å². The van der Waals surface area contributed by atoms with Crippen LogP contribution in [0.2, 0.25) is 0 Å². The second-order valence-electron chi connectivity index (χ2n) is 2.34. The molecule has 0 spiro atoms. The Kier molecular flexibility index (Phi) is 4.04. The molecule has 0 aromatic carbocycles. The maximum absolute atomic E-state index is 10.9. The van der Waals surface area contributed by atoms with Crippen molar-refractivity contribution < 1.29 is 9.53 Å². The molecular weight excluding hydrogens is 156 g/mol. The molecule has 0 rings (SSSR count). The fourth-order valence-electron chi connectivity index (χ4n) is 0.624. The first-order valence-electron chi connectivity index (χ1n) is 3.57. The molecule has 0 saturated heterocycles. The molecule has 0 bridgehead atoms. The fraction of sp³-hybridized carbons (Fsp3) is 0.500. The van der Waals surface area contributed by atoms with Gasteiger partial charge in [-0.15, -0.1) is 0 Å². The Hall–Kier alpha value is -1.32. The zero-order chi connectivity index (χ0) is 9.72. The highest BCUT2D eigenvalue weighted by Crippen LogP contribution is 2.04. The molecule has 0 aliphatic rings. The smallest absolute Gasteiger partial charge is 0.269 e. The zero-order valence-corrected chi connectivity index (χ0v) is 7.82. The van der Waals surface area contributed by atoms with Crippen LogP contribution in [-0.2, 0) is 9.53 Å². The summed E-state index contributed by atoms with van der Waals surface area (Å²) in [6.45, 7) is 3.39. The molecule has 0 aromatic rings. The summed E-state index contributed by atoms with van der Waals surface area (Å²) in [5, 5.41) is 9.76. The monoisotopic (exact) mass is 170 g/mol. The standard InChI is InChI=1S/C8H14N2O2/c1-5(6(2)12-4)7(9)8(11)10-3/h9H,1-4H3,(H,10,11). The Balaban J connectivity index is 4.60. The lowest BCUT2D eigenvalue weighted by atomic mass is 10.1. The van der Waals surface area contributed by atoms with Crippen LogP contribution in [0, 0.1) is 5.41 Å². The van der Waals surface area contributed by atoms with E-state index < -0.39 is 5.91 Å². The summed E-state index contributed by atoms with van der Waals surface area (Å²) in [4.78, 5) is 10.9. The van der Waals surface area contributed by atoms with Crippen molar-refractivity contribution >= 4 is 11.6 Å². The highest BCUT2D eigenvalue weighted by Gasteiger charge is 2.11. The van der Waals surface area contributed by atoms with Gasteiger partial charge in [0.05, 0.1) is 12.9 Å². The number of carbonyl (C=O) groups excluding carboxylic acids is 1. The first kappa shape index (κ1) is 10.7. The normalized spacial score (nSPS) is 11.7. The van der Waals surface area contributed by atoms with Crippen LogP contribution in [0.1, 0.15) is 13.8 Å². The number of amides is 1. The van der Waals surface area contributed by atoms with E-state index in [1.165, 1.54) is 14.2 Å². The molecule has 1 amide bonds. The van der Waals surface area contributed by atoms with Gasteiger partial charge in [-0.3, -0.25) is 10.2 Å². The van der Waals surface area contributed by atoms with Gasteiger partial charge in [0.25, 0.3) is 5.91 Å². The first-order valence-corrected chi connectivity index (χ1v) is 3.57. The van der Waals surface area contributed by atoms with Crippen LogP contribution in [0.25, 0.3) is 0 Å². The van der Waals surface area contributed by atoms with Crippen molar-refractivity contribution in [1.82, 2.24) is 5.32 Å². The number of methoxy groups -OCH3 is 1. The molecule has 0 atom stereocenters. The number of carbonyl (C=O) groups is 1. The first-order chi connectivity index (χ1) is 5.54. The number of allylic oxidation sites excluding steroid dienone is 1. The summed E-state index contributed by atoms with van der Waals surface area (Å²) in [5.74, 6) is 0.188. The quantitative estimate of drug-likeness (QED) is 0.483. The van der Waals surface area contributed by atoms with E-state index in [1.807, 2.05) is 0 Å². The molecule has 12 heavy (non-hydrogen) atoms. The second kappa shape index (κ2) is 4.54. The summed E-state index contributed by atoms with van der Waals surface area (Å²) < 4.78 is 4.89. The van der Waals surface area contributed by atoms with Gasteiger partial charge in [0.2, 0.25) is 0 Å². The molecule has 4 nitrogen and oxygen atoms in total. The van der Waals surface area contributed by atoms with Gasteiger partial charge in [0.1, 0.15) is 5.71 Å². The number of nitrogens with one attached hydrogen (secondary N) is 2. The molecule has 0 saturated carbocycles. The third-order valence-corrected chi connectivity index (χ3v) is 1.66. The van der Waals surface area contributed by atoms with Crippen molar-refractivity contribution in [2.75, 3.05) is 14.2 Å². The lowest BCUT2D eigenvalue weighted by molar-refractivity contribution is -0.114. The third-order valence-electron chi connectivity index (χ3n) is 1.66. The van der Waals surface area contributed by atoms with E-state index in [0.717, 1.165) is 0 Å². The van der Waals surface area contributed by atoms with Crippen molar-refractivity contribution in [2.45, 2.75) is 13.8 Å². The highest BCUT2D eigenvalue weighted by atomic mass is 16.5. The number of ether oxygens (including phenoxy) is 1. The number of rotatable bonds is 3. The topological polar surface area (TPSA) is 62.2 Å². The van der Waals surface area contributed by atoms with E-state index >= 15 is 0 Å². The number of hydrogen-bond donors (Lipinski definition) is 2. The minimum atomic E-state index is -0.399. The molecule has 0 aliphatic carbocycles. The van der Waals surface area contributed by atoms with E-state index in [-0.39, 0.29) is 5.71 Å². The molecule has 2 N–H and O–H groups in total. The molecule has 68 valence electrons. The van der Waals surface area contributed by atoms with Crippen molar-refractivity contribution in [1.29, 1.82) is 5.41 Å². The van der Waals surface area contributed by atoms with Gasteiger partial charge in [-0.1, -0.05) is 0 Å². The summed E-state index contributed by atoms with van der Waals surface area (Å²) in [5.41, 5.74) is 0.494. The SMILES string of the molecule is CNC(=O)C(=N)C(C)=C(C)OC. The molecule has 0 heterocycles. The van der Waals surface area contributed by atoms with E-state index in [0.29, 0.717) is 11.3 Å². The highest BCUT2D eigenvalue weighted by molar-refractivity contribution is 6.43. The fourth-order valence-corrected chi connectivity index (χ4v) is 0.624. The van der Waals surface area contributed by atoms with Gasteiger partial charge in [-0.25, -0.2) is 0 Å². The van der Waals surface area contributed by atoms with Crippen LogP contribution in [0.5, 0.6) is 0 Å². The molecule has 0 radical (unpaired) electrons. The number of hydrogen-bond acceptors (Lipinski definition) is 3. The Morgan fingerprint density at radius 2 is 1.92 bits per heavy atom. The van der Waals surface area contributed by atoms with Crippen LogP contribution in [0.4, 0.5) is 0 Å². The van der Waals surface area contributed by atoms with Crippen LogP contribution in [0.15, 0.2) is 11.3 Å². The Labute approximate surface area is 72.1 Å². The van der Waals surface area contributed by atoms with Gasteiger partial charge in [0.15, 0.2) is 0 Å². The third kappa shape index (κ3) is 2.38. The molecule has 0 aliphatic heterocycles. The average Bonchev–Trinajstić information content (AvgIpc) is 2.12. The van der Waals surface area contributed by atoms with Crippen LogP contribution in [0.3, 0.4) is 0 Å². The van der Waals surface area contributed by atoms with Gasteiger partial charge < -0.3 is 10.1 Å². The molecular formula is C8H14N2O2. The zero-order valence-electron chi connectivity index (χ0n) is 7.82. The lowest BCUT2D eigenvalue weighted by Gasteiger charge is -2.06. The minimum Gasteiger partial charge on any atom is -0.501 e. The van der Waals surface area contributed by atoms with Crippen molar-refractivity contribution in [2.24, 2.45) is 0 Å². The Bertz CT molecular complexity index is 231. The predicted octanol–water partition coefficient (Wildman–Crippen LogP) is 0.692. The van der Waals surface area contributed by atoms with E-state index in [1.54, 1.807) is 13.8 Å². The summed E-state index contributed by atoms with van der Waals surface area (Å²) in [6.07, 6.45) is 0. The Morgan fingerprint density at radius 1 is 1.42 bits per heavy atom. The van der Waals surface area contributed by atoms with Crippen molar-refractivity contribution in [3.8, 4) is 0 Å². The van der Waals surface area contributed by atoms with Crippen LogP contribution in [-0.4, -0.2) is 25.8 Å². The molecule has 4 heteroatoms. The summed E-state index contributed by atoms with van der Waals surface area (Å²) >= 11 is 0. The summed E-state index contributed by atoms with van der Waals surface area (Å²) in [7, 11) is 3.00. The van der Waals surface area contributed by atoms with Crippen LogP contribution >= 0.6 is 0 Å². The predicted molar refractivity (Wildman–Crippen MR) is 47.2 cm³/mol. The van der Waals surface area contributed by atoms with Gasteiger partial charge in [0, 0.05) is 12.6 Å². The van der Waals surface area contributed by atoms with E-state index in [2.05, 4.69) is 5.32 Å². The summed E-state index contributed by atoms with van der Waals surface area (Å²) in [6, 6.07) is 0. The largest absolute Gasteiger partial charge is 0.501 e.